The van der Waals surface area contributed by atoms with Crippen molar-refractivity contribution in [2.75, 3.05) is 6.54 Å². The van der Waals surface area contributed by atoms with Gasteiger partial charge in [-0.15, -0.1) is 0 Å². The molecule has 4 nitrogen and oxygen atoms in total. The lowest BCUT2D eigenvalue weighted by atomic mass is 9.98. The summed E-state index contributed by atoms with van der Waals surface area (Å²) in [7, 11) is 0. The molecule has 2 aromatic carbocycles. The Labute approximate surface area is 239 Å². The van der Waals surface area contributed by atoms with E-state index in [2.05, 4.69) is 95.3 Å². The van der Waals surface area contributed by atoms with Gasteiger partial charge >= 0.3 is 0 Å². The molecule has 0 bridgehead atoms. The van der Waals surface area contributed by atoms with Crippen molar-refractivity contribution in [3.8, 4) is 11.5 Å². The van der Waals surface area contributed by atoms with Crippen molar-refractivity contribution in [3.05, 3.63) is 93.9 Å². The predicted octanol–water partition coefficient (Wildman–Crippen LogP) is 9.68. The maximum Gasteiger partial charge on any atom is 0.257 e. The number of likely N-dealkylation sites (N-methyl/N-ethyl adjacent to an activating group) is 1. The molecule has 208 valence electrons. The summed E-state index contributed by atoms with van der Waals surface area (Å²) >= 11 is 1.77. The molecular formula is C34H45N3OS. The van der Waals surface area contributed by atoms with Crippen LogP contribution in [0, 0.1) is 0 Å². The van der Waals surface area contributed by atoms with Crippen LogP contribution in [0.25, 0.3) is 11.5 Å². The Morgan fingerprint density at radius 3 is 2.28 bits per heavy atom. The summed E-state index contributed by atoms with van der Waals surface area (Å²) in [5.74, 6) is 1.46. The molecule has 1 atom stereocenters. The van der Waals surface area contributed by atoms with E-state index in [0.29, 0.717) is 11.9 Å². The second kappa shape index (κ2) is 16.4. The normalized spacial score (nSPS) is 12.3. The highest BCUT2D eigenvalue weighted by Crippen LogP contribution is 2.29. The molecule has 0 aliphatic heterocycles. The maximum atomic E-state index is 5.68. The molecule has 0 N–H and O–H groups in total. The summed E-state index contributed by atoms with van der Waals surface area (Å²) < 4.78 is 5.68. The zero-order valence-electron chi connectivity index (χ0n) is 23.9. The lowest BCUT2D eigenvalue weighted by molar-refractivity contribution is 0.197. The number of thiophene rings is 1. The van der Waals surface area contributed by atoms with E-state index >= 15 is 0 Å². The predicted molar refractivity (Wildman–Crippen MR) is 164 cm³/mol. The molecule has 4 rings (SSSR count). The first-order valence-electron chi connectivity index (χ1n) is 15.0. The molecule has 0 aliphatic carbocycles. The first-order chi connectivity index (χ1) is 19.3. The molecule has 2 heterocycles. The highest BCUT2D eigenvalue weighted by Gasteiger charge is 2.21. The second-order valence-corrected chi connectivity index (χ2v) is 11.4. The average Bonchev–Trinajstić information content (AvgIpc) is 3.68. The van der Waals surface area contributed by atoms with Crippen LogP contribution in [-0.4, -0.2) is 21.6 Å². The van der Waals surface area contributed by atoms with Gasteiger partial charge in [0, 0.05) is 24.6 Å². The molecule has 0 fully saturated rings. The van der Waals surface area contributed by atoms with Gasteiger partial charge in [-0.2, -0.15) is 16.3 Å². The van der Waals surface area contributed by atoms with Gasteiger partial charge in [-0.3, -0.25) is 4.90 Å². The van der Waals surface area contributed by atoms with Crippen molar-refractivity contribution in [1.29, 1.82) is 0 Å². The van der Waals surface area contributed by atoms with Gasteiger partial charge in [0.05, 0.1) is 0 Å². The highest BCUT2D eigenvalue weighted by atomic mass is 32.1. The molecule has 0 radical (unpaired) electrons. The lowest BCUT2D eigenvalue weighted by Gasteiger charge is -2.31. The van der Waals surface area contributed by atoms with Crippen molar-refractivity contribution in [2.24, 2.45) is 0 Å². The first-order valence-corrected chi connectivity index (χ1v) is 15.9. The van der Waals surface area contributed by atoms with Crippen LogP contribution in [0.4, 0.5) is 0 Å². The Kier molecular flexibility index (Phi) is 12.3. The van der Waals surface area contributed by atoms with Gasteiger partial charge < -0.3 is 4.52 Å². The third-order valence-electron chi connectivity index (χ3n) is 7.58. The molecule has 2 aromatic heterocycles. The maximum absolute atomic E-state index is 5.68. The third kappa shape index (κ3) is 9.44. The molecular weight excluding hydrogens is 498 g/mol. The Morgan fingerprint density at radius 2 is 1.56 bits per heavy atom. The van der Waals surface area contributed by atoms with E-state index in [1.165, 1.54) is 68.1 Å². The summed E-state index contributed by atoms with van der Waals surface area (Å²) in [5.41, 5.74) is 5.03. The number of hydrogen-bond donors (Lipinski definition) is 0. The fourth-order valence-corrected chi connectivity index (χ4v) is 6.01. The van der Waals surface area contributed by atoms with Crippen LogP contribution in [0.3, 0.4) is 0 Å². The first kappa shape index (κ1) is 29.2. The van der Waals surface area contributed by atoms with Crippen LogP contribution in [0.15, 0.2) is 75.9 Å². The summed E-state index contributed by atoms with van der Waals surface area (Å²) in [6.07, 6.45) is 13.8. The lowest BCUT2D eigenvalue weighted by Crippen LogP contribution is -2.29. The molecule has 5 heteroatoms. The number of nitrogens with zero attached hydrogens (tertiary/aromatic N) is 3. The van der Waals surface area contributed by atoms with Gasteiger partial charge in [-0.25, -0.2) is 0 Å². The molecule has 4 aromatic rings. The topological polar surface area (TPSA) is 42.2 Å². The molecule has 1 unspecified atom stereocenters. The number of hydrogen-bond acceptors (Lipinski definition) is 5. The summed E-state index contributed by atoms with van der Waals surface area (Å²) in [4.78, 5) is 7.30. The molecule has 0 spiro atoms. The van der Waals surface area contributed by atoms with Crippen LogP contribution in [0.2, 0.25) is 0 Å². The van der Waals surface area contributed by atoms with E-state index in [1.54, 1.807) is 11.3 Å². The Hall–Kier alpha value is -2.76. The minimum atomic E-state index is 0.332. The summed E-state index contributed by atoms with van der Waals surface area (Å²) in [5, 5.41) is 8.76. The smallest absolute Gasteiger partial charge is 0.257 e. The standard InChI is InChI=1S/C34H45N3OS/c1-3-5-6-7-8-9-10-11-15-21-33-35-34(38-36-33)30-20-16-19-29(24-30)26-37(4-2)32(31-22-23-39-27-31)25-28-17-13-12-14-18-28/h12-14,16-20,22-24,27,32H,3-11,15,21,25-26H2,1-2H3. The fraction of sp³-hybridized carbons (Fsp3) is 0.471. The molecule has 0 aliphatic rings. The fourth-order valence-electron chi connectivity index (χ4n) is 5.31. The Morgan fingerprint density at radius 1 is 0.821 bits per heavy atom. The van der Waals surface area contributed by atoms with E-state index in [9.17, 15) is 0 Å². The minimum absolute atomic E-state index is 0.332. The number of unbranched alkanes of at least 4 members (excludes halogenated alkanes) is 8. The molecule has 39 heavy (non-hydrogen) atoms. The van der Waals surface area contributed by atoms with Crippen LogP contribution < -0.4 is 0 Å². The zero-order valence-corrected chi connectivity index (χ0v) is 24.7. The van der Waals surface area contributed by atoms with Gasteiger partial charge in [0.15, 0.2) is 5.82 Å². The van der Waals surface area contributed by atoms with Crippen molar-refractivity contribution < 1.29 is 4.52 Å². The van der Waals surface area contributed by atoms with E-state index < -0.39 is 0 Å². The quantitative estimate of drug-likeness (QED) is 0.117. The van der Waals surface area contributed by atoms with E-state index in [1.807, 2.05) is 0 Å². The SMILES string of the molecule is CCCCCCCCCCCc1noc(-c2cccc(CN(CC)C(Cc3ccccc3)c3ccsc3)c2)n1. The van der Waals surface area contributed by atoms with E-state index in [4.69, 9.17) is 9.51 Å². The van der Waals surface area contributed by atoms with Crippen LogP contribution >= 0.6 is 11.3 Å². The van der Waals surface area contributed by atoms with E-state index in [-0.39, 0.29) is 0 Å². The van der Waals surface area contributed by atoms with E-state index in [0.717, 1.165) is 43.7 Å². The van der Waals surface area contributed by atoms with Crippen molar-refractivity contribution >= 4 is 11.3 Å². The number of aromatic nitrogens is 2. The van der Waals surface area contributed by atoms with Crippen molar-refractivity contribution in [3.63, 3.8) is 0 Å². The molecule has 0 saturated carbocycles. The Balaban J connectivity index is 1.33. The van der Waals surface area contributed by atoms with Gasteiger partial charge in [0.25, 0.3) is 5.89 Å². The van der Waals surface area contributed by atoms with Crippen LogP contribution in [-0.2, 0) is 19.4 Å². The second-order valence-electron chi connectivity index (χ2n) is 10.6. The number of rotatable bonds is 18. The molecule has 0 amide bonds. The minimum Gasteiger partial charge on any atom is -0.334 e. The average molecular weight is 544 g/mol. The van der Waals surface area contributed by atoms with Crippen LogP contribution in [0.1, 0.15) is 100 Å². The van der Waals surface area contributed by atoms with Crippen molar-refractivity contribution in [1.82, 2.24) is 15.0 Å². The summed E-state index contributed by atoms with van der Waals surface area (Å²) in [6.45, 7) is 6.37. The van der Waals surface area contributed by atoms with Gasteiger partial charge in [0.1, 0.15) is 0 Å². The monoisotopic (exact) mass is 543 g/mol. The number of benzene rings is 2. The third-order valence-corrected chi connectivity index (χ3v) is 8.28. The van der Waals surface area contributed by atoms with Gasteiger partial charge in [-0.1, -0.05) is 113 Å². The van der Waals surface area contributed by atoms with Crippen molar-refractivity contribution in [2.45, 2.75) is 97.1 Å². The van der Waals surface area contributed by atoms with Gasteiger partial charge in [0.2, 0.25) is 0 Å². The summed E-state index contributed by atoms with van der Waals surface area (Å²) in [6, 6.07) is 22.0. The van der Waals surface area contributed by atoms with Gasteiger partial charge in [-0.05, 0) is 65.0 Å². The Bertz CT molecular complexity index is 1190. The largest absolute Gasteiger partial charge is 0.334 e. The highest BCUT2D eigenvalue weighted by molar-refractivity contribution is 7.08. The molecule has 0 saturated heterocycles. The van der Waals surface area contributed by atoms with Crippen LogP contribution in [0.5, 0.6) is 0 Å². The number of aryl methyl sites for hydroxylation is 1. The zero-order chi connectivity index (χ0) is 27.1.